The van der Waals surface area contributed by atoms with Gasteiger partial charge in [0.1, 0.15) is 6.04 Å². The topological polar surface area (TPSA) is 106 Å². The third kappa shape index (κ3) is 2.69. The van der Waals surface area contributed by atoms with Gasteiger partial charge in [0.2, 0.25) is 5.91 Å². The molecule has 1 rings (SSSR count). The average Bonchev–Trinajstić information content (AvgIpc) is 2.80. The van der Waals surface area contributed by atoms with Gasteiger partial charge in [-0.25, -0.2) is 0 Å². The molecule has 13 heavy (non-hydrogen) atoms. The highest BCUT2D eigenvalue weighted by atomic mass is 16.4. The van der Waals surface area contributed by atoms with E-state index in [4.69, 9.17) is 16.6 Å². The molecule has 0 aromatic heterocycles. The molecule has 0 heterocycles. The van der Waals surface area contributed by atoms with Gasteiger partial charge in [-0.15, -0.1) is 0 Å². The van der Waals surface area contributed by atoms with Gasteiger partial charge < -0.3 is 16.6 Å². The quantitative estimate of drug-likeness (QED) is 0.527. The molecule has 1 fully saturated rings. The lowest BCUT2D eigenvalue weighted by atomic mass is 9.91. The molecule has 0 spiro atoms. The van der Waals surface area contributed by atoms with E-state index in [1.165, 1.54) is 0 Å². The molecule has 0 radical (unpaired) electrons. The zero-order valence-electron chi connectivity index (χ0n) is 7.27. The molecule has 2 unspecified atom stereocenters. The molecule has 0 saturated heterocycles. The lowest BCUT2D eigenvalue weighted by Gasteiger charge is -2.18. The highest BCUT2D eigenvalue weighted by molar-refractivity contribution is 5.78. The Morgan fingerprint density at radius 1 is 1.46 bits per heavy atom. The van der Waals surface area contributed by atoms with Crippen molar-refractivity contribution in [3.8, 4) is 0 Å². The van der Waals surface area contributed by atoms with E-state index in [1.54, 1.807) is 0 Å². The molecule has 5 nitrogen and oxygen atoms in total. The normalized spacial score (nSPS) is 20.7. The first-order chi connectivity index (χ1) is 6.02. The zero-order chi connectivity index (χ0) is 10.0. The number of carboxylic acids is 1. The number of carbonyl (C=O) groups is 2. The first-order valence-electron chi connectivity index (χ1n) is 4.29. The van der Waals surface area contributed by atoms with Gasteiger partial charge in [-0.2, -0.15) is 0 Å². The van der Waals surface area contributed by atoms with Gasteiger partial charge in [-0.3, -0.25) is 9.59 Å². The van der Waals surface area contributed by atoms with Crippen LogP contribution in [0.4, 0.5) is 0 Å². The van der Waals surface area contributed by atoms with Crippen LogP contribution in [0.15, 0.2) is 0 Å². The number of nitrogens with two attached hydrogens (primary N) is 2. The highest BCUT2D eigenvalue weighted by Gasteiger charge is 2.38. The van der Waals surface area contributed by atoms with Gasteiger partial charge in [-0.05, 0) is 24.7 Å². The van der Waals surface area contributed by atoms with E-state index in [0.29, 0.717) is 0 Å². The van der Waals surface area contributed by atoms with Crippen molar-refractivity contribution in [2.24, 2.45) is 23.3 Å². The fourth-order valence-corrected chi connectivity index (χ4v) is 1.53. The van der Waals surface area contributed by atoms with E-state index in [0.717, 1.165) is 12.8 Å². The highest BCUT2D eigenvalue weighted by Crippen LogP contribution is 2.39. The predicted molar refractivity (Wildman–Crippen MR) is 45.6 cm³/mol. The number of hydrogen-bond acceptors (Lipinski definition) is 3. The molecular weight excluding hydrogens is 172 g/mol. The molecule has 0 aromatic rings. The fourth-order valence-electron chi connectivity index (χ4n) is 1.53. The molecule has 2 atom stereocenters. The largest absolute Gasteiger partial charge is 0.480 e. The van der Waals surface area contributed by atoms with Crippen LogP contribution in [0.2, 0.25) is 0 Å². The van der Waals surface area contributed by atoms with Gasteiger partial charge in [0.25, 0.3) is 0 Å². The molecule has 0 aromatic carbocycles. The van der Waals surface area contributed by atoms with Crippen molar-refractivity contribution in [1.29, 1.82) is 0 Å². The number of hydrogen-bond donors (Lipinski definition) is 3. The second kappa shape index (κ2) is 3.74. The standard InChI is InChI=1S/C8H14N2O3/c9-6(11)3-5(4-1-2-4)7(10)8(12)13/h4-5,7H,1-3,10H2,(H2,9,11)(H,12,13). The maximum atomic E-state index is 10.6. The van der Waals surface area contributed by atoms with Crippen LogP contribution in [0.25, 0.3) is 0 Å². The number of rotatable bonds is 5. The minimum absolute atomic E-state index is 0.0815. The summed E-state index contributed by atoms with van der Waals surface area (Å²) in [6.45, 7) is 0. The summed E-state index contributed by atoms with van der Waals surface area (Å²) < 4.78 is 0. The van der Waals surface area contributed by atoms with Crippen LogP contribution >= 0.6 is 0 Å². The average molecular weight is 186 g/mol. The molecule has 1 aliphatic rings. The summed E-state index contributed by atoms with van der Waals surface area (Å²) in [4.78, 5) is 21.2. The Bertz CT molecular complexity index is 225. The van der Waals surface area contributed by atoms with Crippen LogP contribution < -0.4 is 11.5 Å². The summed E-state index contributed by atoms with van der Waals surface area (Å²) in [6.07, 6.45) is 2.00. The van der Waals surface area contributed by atoms with E-state index in [9.17, 15) is 9.59 Å². The van der Waals surface area contributed by atoms with Gasteiger partial charge in [-0.1, -0.05) is 0 Å². The summed E-state index contributed by atoms with van der Waals surface area (Å²) in [6, 6.07) is -0.958. The summed E-state index contributed by atoms with van der Waals surface area (Å²) in [5.41, 5.74) is 10.5. The Morgan fingerprint density at radius 3 is 2.31 bits per heavy atom. The first kappa shape index (κ1) is 9.98. The Kier molecular flexibility index (Phi) is 2.87. The maximum absolute atomic E-state index is 10.6. The Balaban J connectivity index is 2.55. The number of amides is 1. The van der Waals surface area contributed by atoms with Crippen LogP contribution in [-0.4, -0.2) is 23.0 Å². The maximum Gasteiger partial charge on any atom is 0.320 e. The minimum Gasteiger partial charge on any atom is -0.480 e. The van der Waals surface area contributed by atoms with Crippen LogP contribution in [0.3, 0.4) is 0 Å². The van der Waals surface area contributed by atoms with Gasteiger partial charge in [0.05, 0.1) is 0 Å². The van der Waals surface area contributed by atoms with Crippen molar-refractivity contribution in [3.05, 3.63) is 0 Å². The molecule has 5 N–H and O–H groups in total. The van der Waals surface area contributed by atoms with Crippen LogP contribution in [0.5, 0.6) is 0 Å². The molecule has 5 heteroatoms. The van der Waals surface area contributed by atoms with E-state index >= 15 is 0 Å². The second-order valence-electron chi connectivity index (χ2n) is 3.54. The van der Waals surface area contributed by atoms with Crippen molar-refractivity contribution in [1.82, 2.24) is 0 Å². The van der Waals surface area contributed by atoms with Gasteiger partial charge >= 0.3 is 5.97 Å². The molecule has 0 aliphatic heterocycles. The fraction of sp³-hybridized carbons (Fsp3) is 0.750. The Labute approximate surface area is 76.1 Å². The predicted octanol–water partition coefficient (Wildman–Crippen LogP) is -0.700. The lowest BCUT2D eigenvalue weighted by Crippen LogP contribution is -2.41. The van der Waals surface area contributed by atoms with Crippen molar-refractivity contribution in [2.45, 2.75) is 25.3 Å². The summed E-state index contributed by atoms with van der Waals surface area (Å²) in [5, 5.41) is 8.66. The molecule has 1 amide bonds. The SMILES string of the molecule is NC(=O)CC(C1CC1)C(N)C(=O)O. The monoisotopic (exact) mass is 186 g/mol. The minimum atomic E-state index is -1.06. The number of aliphatic carboxylic acids is 1. The number of carbonyl (C=O) groups excluding carboxylic acids is 1. The van der Waals surface area contributed by atoms with E-state index < -0.39 is 17.9 Å². The molecular formula is C8H14N2O3. The molecule has 1 saturated carbocycles. The van der Waals surface area contributed by atoms with Crippen molar-refractivity contribution < 1.29 is 14.7 Å². The summed E-state index contributed by atoms with van der Waals surface area (Å²) >= 11 is 0. The lowest BCUT2D eigenvalue weighted by molar-refractivity contribution is -0.140. The van der Waals surface area contributed by atoms with E-state index in [1.807, 2.05) is 0 Å². The Morgan fingerprint density at radius 2 is 2.00 bits per heavy atom. The first-order valence-corrected chi connectivity index (χ1v) is 4.29. The van der Waals surface area contributed by atoms with Crippen LogP contribution in [0, 0.1) is 11.8 Å². The molecule has 1 aliphatic carbocycles. The smallest absolute Gasteiger partial charge is 0.320 e. The Hall–Kier alpha value is -1.10. The molecule has 74 valence electrons. The van der Waals surface area contributed by atoms with Crippen LogP contribution in [0.1, 0.15) is 19.3 Å². The third-order valence-corrected chi connectivity index (χ3v) is 2.41. The summed E-state index contributed by atoms with van der Waals surface area (Å²) in [7, 11) is 0. The van der Waals surface area contributed by atoms with Crippen LogP contribution in [-0.2, 0) is 9.59 Å². The van der Waals surface area contributed by atoms with E-state index in [2.05, 4.69) is 0 Å². The van der Waals surface area contributed by atoms with Crippen molar-refractivity contribution in [3.63, 3.8) is 0 Å². The zero-order valence-corrected chi connectivity index (χ0v) is 7.27. The summed E-state index contributed by atoms with van der Waals surface area (Å²) in [5.74, 6) is -1.54. The van der Waals surface area contributed by atoms with Crippen molar-refractivity contribution in [2.75, 3.05) is 0 Å². The number of primary amides is 1. The van der Waals surface area contributed by atoms with Gasteiger partial charge in [0.15, 0.2) is 0 Å². The van der Waals surface area contributed by atoms with Crippen molar-refractivity contribution >= 4 is 11.9 Å². The molecule has 0 bridgehead atoms. The second-order valence-corrected chi connectivity index (χ2v) is 3.54. The van der Waals surface area contributed by atoms with Gasteiger partial charge in [0, 0.05) is 6.42 Å². The third-order valence-electron chi connectivity index (χ3n) is 2.41. The number of carboxylic acid groups (broad SMARTS) is 1. The van der Waals surface area contributed by atoms with E-state index in [-0.39, 0.29) is 18.3 Å².